The van der Waals surface area contributed by atoms with Gasteiger partial charge in [0, 0.05) is 18.8 Å². The molecule has 0 aromatic rings. The van der Waals surface area contributed by atoms with E-state index in [1.54, 1.807) is 0 Å². The standard InChI is InChI=1S/C8H19NO2/c1-8(2,4-7-11)9-5-3-6-10/h9-11H,3-7H2,1-2H3. The van der Waals surface area contributed by atoms with Crippen LogP contribution in [-0.4, -0.2) is 35.5 Å². The van der Waals surface area contributed by atoms with Crippen molar-refractivity contribution in [1.29, 1.82) is 0 Å². The van der Waals surface area contributed by atoms with Gasteiger partial charge in [0.15, 0.2) is 0 Å². The molecule has 0 bridgehead atoms. The van der Waals surface area contributed by atoms with Crippen LogP contribution in [0.15, 0.2) is 0 Å². The minimum absolute atomic E-state index is 0.01000. The lowest BCUT2D eigenvalue weighted by atomic mass is 10.0. The molecule has 0 aromatic heterocycles. The Kier molecular flexibility index (Phi) is 5.46. The Bertz CT molecular complexity index is 94.1. The average molecular weight is 161 g/mol. The van der Waals surface area contributed by atoms with Gasteiger partial charge in [0.25, 0.3) is 0 Å². The van der Waals surface area contributed by atoms with Gasteiger partial charge in [0.05, 0.1) is 0 Å². The van der Waals surface area contributed by atoms with Crippen molar-refractivity contribution in [2.75, 3.05) is 19.8 Å². The minimum atomic E-state index is -0.01000. The lowest BCUT2D eigenvalue weighted by molar-refractivity contribution is 0.224. The van der Waals surface area contributed by atoms with E-state index in [1.165, 1.54) is 0 Å². The van der Waals surface area contributed by atoms with E-state index in [-0.39, 0.29) is 18.8 Å². The van der Waals surface area contributed by atoms with Gasteiger partial charge in [-0.15, -0.1) is 0 Å². The Morgan fingerprint density at radius 1 is 1.18 bits per heavy atom. The van der Waals surface area contributed by atoms with E-state index in [0.29, 0.717) is 0 Å². The van der Waals surface area contributed by atoms with Gasteiger partial charge in [0.2, 0.25) is 0 Å². The van der Waals surface area contributed by atoms with Crippen LogP contribution < -0.4 is 5.32 Å². The fourth-order valence-electron chi connectivity index (χ4n) is 0.874. The molecule has 0 spiro atoms. The maximum atomic E-state index is 8.67. The summed E-state index contributed by atoms with van der Waals surface area (Å²) in [5.74, 6) is 0. The van der Waals surface area contributed by atoms with E-state index in [9.17, 15) is 0 Å². The van der Waals surface area contributed by atoms with Gasteiger partial charge < -0.3 is 15.5 Å². The molecule has 11 heavy (non-hydrogen) atoms. The number of nitrogens with one attached hydrogen (secondary N) is 1. The van der Waals surface area contributed by atoms with Gasteiger partial charge in [-0.05, 0) is 33.2 Å². The maximum Gasteiger partial charge on any atom is 0.0448 e. The SMILES string of the molecule is CC(C)(CCO)NCCCO. The van der Waals surface area contributed by atoms with Crippen molar-refractivity contribution in [3.8, 4) is 0 Å². The first-order valence-corrected chi connectivity index (χ1v) is 4.09. The number of aliphatic hydroxyl groups is 2. The molecule has 0 saturated heterocycles. The van der Waals surface area contributed by atoms with Crippen molar-refractivity contribution < 1.29 is 10.2 Å². The van der Waals surface area contributed by atoms with Gasteiger partial charge in [-0.25, -0.2) is 0 Å². The summed E-state index contributed by atoms with van der Waals surface area (Å²) >= 11 is 0. The maximum absolute atomic E-state index is 8.67. The predicted octanol–water partition coefficient (Wildman–Crippen LogP) is 0.119. The highest BCUT2D eigenvalue weighted by Gasteiger charge is 2.14. The number of rotatable bonds is 6. The molecule has 0 fully saturated rings. The zero-order chi connectivity index (χ0) is 8.74. The lowest BCUT2D eigenvalue weighted by Gasteiger charge is -2.25. The Balaban J connectivity index is 3.38. The summed E-state index contributed by atoms with van der Waals surface area (Å²) in [4.78, 5) is 0. The molecule has 0 unspecified atom stereocenters. The number of hydrogen-bond acceptors (Lipinski definition) is 3. The van der Waals surface area contributed by atoms with Crippen molar-refractivity contribution in [1.82, 2.24) is 5.32 Å². The van der Waals surface area contributed by atoms with Crippen molar-refractivity contribution in [2.24, 2.45) is 0 Å². The van der Waals surface area contributed by atoms with Crippen molar-refractivity contribution in [3.05, 3.63) is 0 Å². The average Bonchev–Trinajstić information content (AvgIpc) is 1.87. The highest BCUT2D eigenvalue weighted by Crippen LogP contribution is 2.06. The molecule has 0 aromatic carbocycles. The molecule has 3 nitrogen and oxygen atoms in total. The largest absolute Gasteiger partial charge is 0.396 e. The van der Waals surface area contributed by atoms with Crippen LogP contribution in [0.3, 0.4) is 0 Å². The van der Waals surface area contributed by atoms with Crippen LogP contribution in [0.1, 0.15) is 26.7 Å². The Hall–Kier alpha value is -0.120. The second-order valence-electron chi connectivity index (χ2n) is 3.36. The quantitative estimate of drug-likeness (QED) is 0.485. The van der Waals surface area contributed by atoms with E-state index in [1.807, 2.05) is 13.8 Å². The van der Waals surface area contributed by atoms with Crippen LogP contribution in [0.4, 0.5) is 0 Å². The topological polar surface area (TPSA) is 52.5 Å². The molecular weight excluding hydrogens is 142 g/mol. The summed E-state index contributed by atoms with van der Waals surface area (Å²) in [5.41, 5.74) is -0.01000. The first kappa shape index (κ1) is 10.9. The Morgan fingerprint density at radius 3 is 2.27 bits per heavy atom. The molecule has 0 aliphatic carbocycles. The predicted molar refractivity (Wildman–Crippen MR) is 45.5 cm³/mol. The fraction of sp³-hybridized carbons (Fsp3) is 1.00. The highest BCUT2D eigenvalue weighted by atomic mass is 16.3. The van der Waals surface area contributed by atoms with Crippen LogP contribution in [-0.2, 0) is 0 Å². The molecular formula is C8H19NO2. The molecule has 0 atom stereocenters. The summed E-state index contributed by atoms with van der Waals surface area (Å²) in [7, 11) is 0. The van der Waals surface area contributed by atoms with Gasteiger partial charge in [0.1, 0.15) is 0 Å². The molecule has 0 heterocycles. The number of aliphatic hydroxyl groups excluding tert-OH is 2. The van der Waals surface area contributed by atoms with Crippen LogP contribution in [0, 0.1) is 0 Å². The first-order chi connectivity index (χ1) is 5.12. The fourth-order valence-corrected chi connectivity index (χ4v) is 0.874. The minimum Gasteiger partial charge on any atom is -0.396 e. The van der Waals surface area contributed by atoms with E-state index < -0.39 is 0 Å². The Morgan fingerprint density at radius 2 is 1.82 bits per heavy atom. The zero-order valence-corrected chi connectivity index (χ0v) is 7.43. The molecule has 0 saturated carbocycles. The normalized spacial score (nSPS) is 12.0. The molecule has 0 aliphatic heterocycles. The molecule has 3 heteroatoms. The summed E-state index contributed by atoms with van der Waals surface area (Å²) < 4.78 is 0. The van der Waals surface area contributed by atoms with Crippen LogP contribution in [0.25, 0.3) is 0 Å². The Labute approximate surface area is 68.4 Å². The summed E-state index contributed by atoms with van der Waals surface area (Å²) in [6.45, 7) is 5.33. The molecule has 68 valence electrons. The third-order valence-corrected chi connectivity index (χ3v) is 1.68. The van der Waals surface area contributed by atoms with E-state index in [0.717, 1.165) is 19.4 Å². The second-order valence-corrected chi connectivity index (χ2v) is 3.36. The van der Waals surface area contributed by atoms with Crippen LogP contribution >= 0.6 is 0 Å². The van der Waals surface area contributed by atoms with Gasteiger partial charge >= 0.3 is 0 Å². The van der Waals surface area contributed by atoms with Crippen LogP contribution in [0.2, 0.25) is 0 Å². The summed E-state index contributed by atoms with van der Waals surface area (Å²) in [6, 6.07) is 0. The van der Waals surface area contributed by atoms with Gasteiger partial charge in [-0.2, -0.15) is 0 Å². The lowest BCUT2D eigenvalue weighted by Crippen LogP contribution is -2.40. The highest BCUT2D eigenvalue weighted by molar-refractivity contribution is 4.76. The number of hydrogen-bond donors (Lipinski definition) is 3. The van der Waals surface area contributed by atoms with Crippen molar-refractivity contribution in [3.63, 3.8) is 0 Å². The monoisotopic (exact) mass is 161 g/mol. The van der Waals surface area contributed by atoms with Gasteiger partial charge in [-0.1, -0.05) is 0 Å². The molecule has 0 aliphatic rings. The first-order valence-electron chi connectivity index (χ1n) is 4.09. The molecule has 0 radical (unpaired) electrons. The van der Waals surface area contributed by atoms with E-state index >= 15 is 0 Å². The van der Waals surface area contributed by atoms with Gasteiger partial charge in [-0.3, -0.25) is 0 Å². The molecule has 0 rings (SSSR count). The van der Waals surface area contributed by atoms with Crippen molar-refractivity contribution in [2.45, 2.75) is 32.2 Å². The smallest absolute Gasteiger partial charge is 0.0448 e. The van der Waals surface area contributed by atoms with E-state index in [2.05, 4.69) is 5.32 Å². The third-order valence-electron chi connectivity index (χ3n) is 1.68. The van der Waals surface area contributed by atoms with Crippen LogP contribution in [0.5, 0.6) is 0 Å². The summed E-state index contributed by atoms with van der Waals surface area (Å²) in [5, 5.41) is 20.4. The summed E-state index contributed by atoms with van der Waals surface area (Å²) in [6.07, 6.45) is 1.52. The third kappa shape index (κ3) is 6.28. The van der Waals surface area contributed by atoms with E-state index in [4.69, 9.17) is 10.2 Å². The van der Waals surface area contributed by atoms with Crippen molar-refractivity contribution >= 4 is 0 Å². The molecule has 3 N–H and O–H groups in total. The second kappa shape index (κ2) is 5.52. The molecule has 0 amide bonds. The zero-order valence-electron chi connectivity index (χ0n) is 7.43.